The number of ketones is 1. The zero-order valence-corrected chi connectivity index (χ0v) is 9.63. The monoisotopic (exact) mass is 262 g/mol. The molecule has 0 N–H and O–H groups in total. The molecule has 1 aromatic rings. The third-order valence-corrected chi connectivity index (χ3v) is 2.31. The number of esters is 1. The highest BCUT2D eigenvalue weighted by Crippen LogP contribution is 2.30. The van der Waals surface area contributed by atoms with Crippen molar-refractivity contribution in [3.05, 3.63) is 34.3 Å². The molecule has 0 spiro atoms. The fourth-order valence-corrected chi connectivity index (χ4v) is 1.52. The second kappa shape index (κ2) is 5.72. The number of carbonyl (C=O) groups is 2. The lowest BCUT2D eigenvalue weighted by Gasteiger charge is -2.08. The van der Waals surface area contributed by atoms with Crippen molar-refractivity contribution in [2.75, 3.05) is 6.61 Å². The molecule has 6 heteroatoms. The Balaban J connectivity index is 3.18. The highest BCUT2D eigenvalue weighted by Gasteiger charge is 2.26. The van der Waals surface area contributed by atoms with Crippen molar-refractivity contribution in [1.82, 2.24) is 0 Å². The van der Waals surface area contributed by atoms with E-state index in [0.29, 0.717) is 0 Å². The molecule has 0 bridgehead atoms. The topological polar surface area (TPSA) is 43.4 Å². The highest BCUT2D eigenvalue weighted by molar-refractivity contribution is 6.42. The molecular weight excluding hydrogens is 254 g/mol. The van der Waals surface area contributed by atoms with E-state index in [4.69, 9.17) is 11.6 Å². The third kappa shape index (κ3) is 3.00. The van der Waals surface area contributed by atoms with E-state index in [1.165, 1.54) is 19.1 Å². The Hall–Kier alpha value is -1.49. The van der Waals surface area contributed by atoms with Gasteiger partial charge in [-0.2, -0.15) is 0 Å². The summed E-state index contributed by atoms with van der Waals surface area (Å²) in [5, 5.41) is -0.254. The first-order valence-corrected chi connectivity index (χ1v) is 5.14. The Kier molecular flexibility index (Phi) is 4.57. The summed E-state index contributed by atoms with van der Waals surface area (Å²) in [6.07, 6.45) is -2.93. The summed E-state index contributed by atoms with van der Waals surface area (Å²) >= 11 is 5.57. The Morgan fingerprint density at radius 1 is 1.41 bits per heavy atom. The minimum atomic E-state index is -2.93. The summed E-state index contributed by atoms with van der Waals surface area (Å²) in [7, 11) is 0. The molecule has 0 aliphatic rings. The van der Waals surface area contributed by atoms with E-state index in [0.717, 1.165) is 6.07 Å². The zero-order chi connectivity index (χ0) is 13.0. The maximum atomic E-state index is 12.7. The van der Waals surface area contributed by atoms with Crippen molar-refractivity contribution in [2.24, 2.45) is 0 Å². The van der Waals surface area contributed by atoms with Crippen LogP contribution in [0.2, 0.25) is 5.02 Å². The highest BCUT2D eigenvalue weighted by atomic mass is 35.5. The van der Waals surface area contributed by atoms with Crippen LogP contribution in [0, 0.1) is 0 Å². The van der Waals surface area contributed by atoms with E-state index in [-0.39, 0.29) is 11.6 Å². The number of rotatable bonds is 4. The van der Waals surface area contributed by atoms with Crippen molar-refractivity contribution >= 4 is 23.4 Å². The van der Waals surface area contributed by atoms with E-state index in [1.807, 2.05) is 0 Å². The van der Waals surface area contributed by atoms with Gasteiger partial charge in [0, 0.05) is 11.1 Å². The summed E-state index contributed by atoms with van der Waals surface area (Å²) < 4.78 is 29.9. The standard InChI is InChI=1S/C11H9ClF2O3/c1-2-17-11(16)9(15)6-4-3-5-7(12)8(6)10(13)14/h3-5,10H,2H2,1H3. The molecule has 3 nitrogen and oxygen atoms in total. The molecule has 0 amide bonds. The molecule has 92 valence electrons. The van der Waals surface area contributed by atoms with Gasteiger partial charge < -0.3 is 4.74 Å². The van der Waals surface area contributed by atoms with Gasteiger partial charge in [-0.05, 0) is 13.0 Å². The molecule has 1 rings (SSSR count). The summed E-state index contributed by atoms with van der Waals surface area (Å²) in [6.45, 7) is 1.51. The van der Waals surface area contributed by atoms with Gasteiger partial charge >= 0.3 is 5.97 Å². The van der Waals surface area contributed by atoms with Crippen molar-refractivity contribution in [3.8, 4) is 0 Å². The van der Waals surface area contributed by atoms with Crippen LogP contribution >= 0.6 is 11.6 Å². The number of hydrogen-bond acceptors (Lipinski definition) is 3. The van der Waals surface area contributed by atoms with Crippen molar-refractivity contribution in [1.29, 1.82) is 0 Å². The van der Waals surface area contributed by atoms with Crippen LogP contribution in [0.25, 0.3) is 0 Å². The lowest BCUT2D eigenvalue weighted by Crippen LogP contribution is -2.19. The van der Waals surface area contributed by atoms with Gasteiger partial charge in [0.05, 0.1) is 11.6 Å². The van der Waals surface area contributed by atoms with Crippen molar-refractivity contribution in [2.45, 2.75) is 13.3 Å². The lowest BCUT2D eigenvalue weighted by atomic mass is 10.0. The Bertz CT molecular complexity index is 446. The van der Waals surface area contributed by atoms with Crippen LogP contribution in [0.5, 0.6) is 0 Å². The van der Waals surface area contributed by atoms with Gasteiger partial charge in [-0.1, -0.05) is 23.7 Å². The predicted molar refractivity (Wildman–Crippen MR) is 57.4 cm³/mol. The van der Waals surface area contributed by atoms with Gasteiger partial charge in [0.15, 0.2) is 0 Å². The molecule has 1 aromatic carbocycles. The van der Waals surface area contributed by atoms with Crippen LogP contribution in [0.1, 0.15) is 29.3 Å². The van der Waals surface area contributed by atoms with Crippen LogP contribution in [0.4, 0.5) is 8.78 Å². The van der Waals surface area contributed by atoms with Gasteiger partial charge in [-0.3, -0.25) is 4.79 Å². The van der Waals surface area contributed by atoms with Crippen LogP contribution in [0.15, 0.2) is 18.2 Å². The fourth-order valence-electron chi connectivity index (χ4n) is 1.26. The molecule has 0 atom stereocenters. The SMILES string of the molecule is CCOC(=O)C(=O)c1cccc(Cl)c1C(F)F. The van der Waals surface area contributed by atoms with E-state index >= 15 is 0 Å². The number of carbonyl (C=O) groups excluding carboxylic acids is 2. The first-order chi connectivity index (χ1) is 7.99. The quantitative estimate of drug-likeness (QED) is 0.476. The van der Waals surface area contributed by atoms with Crippen LogP contribution in [-0.4, -0.2) is 18.4 Å². The maximum Gasteiger partial charge on any atom is 0.379 e. The third-order valence-electron chi connectivity index (χ3n) is 1.98. The molecule has 0 saturated heterocycles. The summed E-state index contributed by atoms with van der Waals surface area (Å²) in [5.41, 5.74) is -1.07. The molecule has 17 heavy (non-hydrogen) atoms. The van der Waals surface area contributed by atoms with Gasteiger partial charge in [-0.25, -0.2) is 13.6 Å². The molecule has 0 aromatic heterocycles. The van der Waals surface area contributed by atoms with Crippen molar-refractivity contribution in [3.63, 3.8) is 0 Å². The predicted octanol–water partition coefficient (Wildman–Crippen LogP) is 3.02. The van der Waals surface area contributed by atoms with Gasteiger partial charge in [0.25, 0.3) is 12.2 Å². The number of Topliss-reactive ketones (excluding diaryl/α,β-unsaturated/α-hetero) is 1. The summed E-state index contributed by atoms with van der Waals surface area (Å²) in [4.78, 5) is 22.7. The van der Waals surface area contributed by atoms with Crippen LogP contribution < -0.4 is 0 Å². The first-order valence-electron chi connectivity index (χ1n) is 4.77. The molecule has 0 aliphatic heterocycles. The Morgan fingerprint density at radius 3 is 2.59 bits per heavy atom. The molecule has 0 heterocycles. The second-order valence-electron chi connectivity index (χ2n) is 3.05. The van der Waals surface area contributed by atoms with E-state index in [2.05, 4.69) is 4.74 Å². The molecule has 0 saturated carbocycles. The minimum absolute atomic E-state index is 0.00481. The van der Waals surface area contributed by atoms with Gasteiger partial charge in [0.1, 0.15) is 0 Å². The number of halogens is 3. The molecular formula is C11H9ClF2O3. The number of benzene rings is 1. The minimum Gasteiger partial charge on any atom is -0.460 e. The zero-order valence-electron chi connectivity index (χ0n) is 8.88. The summed E-state index contributed by atoms with van der Waals surface area (Å²) in [5.74, 6) is -2.29. The molecule has 0 radical (unpaired) electrons. The normalized spacial score (nSPS) is 10.4. The average Bonchev–Trinajstić information content (AvgIpc) is 2.27. The largest absolute Gasteiger partial charge is 0.460 e. The summed E-state index contributed by atoms with van der Waals surface area (Å²) in [6, 6.07) is 3.66. The first kappa shape index (κ1) is 13.6. The number of ether oxygens (including phenoxy) is 1. The average molecular weight is 263 g/mol. The lowest BCUT2D eigenvalue weighted by molar-refractivity contribution is -0.137. The van der Waals surface area contributed by atoms with Gasteiger partial charge in [0.2, 0.25) is 0 Å². The van der Waals surface area contributed by atoms with Crippen LogP contribution in [0.3, 0.4) is 0 Å². The smallest absolute Gasteiger partial charge is 0.379 e. The van der Waals surface area contributed by atoms with Gasteiger partial charge in [-0.15, -0.1) is 0 Å². The molecule has 0 aliphatic carbocycles. The van der Waals surface area contributed by atoms with Crippen molar-refractivity contribution < 1.29 is 23.1 Å². The Labute approximate surface area is 101 Å². The molecule has 0 unspecified atom stereocenters. The Morgan fingerprint density at radius 2 is 2.06 bits per heavy atom. The number of alkyl halides is 2. The number of hydrogen-bond donors (Lipinski definition) is 0. The van der Waals surface area contributed by atoms with Crippen LogP contribution in [-0.2, 0) is 9.53 Å². The van der Waals surface area contributed by atoms with E-state index < -0.39 is 29.3 Å². The second-order valence-corrected chi connectivity index (χ2v) is 3.46. The van der Waals surface area contributed by atoms with E-state index in [9.17, 15) is 18.4 Å². The fraction of sp³-hybridized carbons (Fsp3) is 0.273. The maximum absolute atomic E-state index is 12.7. The molecule has 0 fully saturated rings. The van der Waals surface area contributed by atoms with E-state index in [1.54, 1.807) is 0 Å².